The Morgan fingerprint density at radius 3 is 2.42 bits per heavy atom. The van der Waals surface area contributed by atoms with Gasteiger partial charge in [-0.05, 0) is 36.1 Å². The molecule has 8 heteroatoms. The molecule has 0 spiro atoms. The van der Waals surface area contributed by atoms with E-state index < -0.39 is 29.5 Å². The summed E-state index contributed by atoms with van der Waals surface area (Å²) in [5, 5.41) is 5.15. The zero-order valence-corrected chi connectivity index (χ0v) is 16.3. The molecule has 2 atom stereocenters. The molecule has 0 fully saturated rings. The predicted molar refractivity (Wildman–Crippen MR) is 107 cm³/mol. The quantitative estimate of drug-likeness (QED) is 0.770. The molecule has 2 aliphatic rings. The van der Waals surface area contributed by atoms with Crippen LogP contribution in [0.2, 0.25) is 0 Å². The van der Waals surface area contributed by atoms with Crippen molar-refractivity contribution in [2.75, 3.05) is 5.32 Å². The number of amides is 2. The molecule has 0 saturated heterocycles. The maximum Gasteiger partial charge on any atom is 0.416 e. The first-order chi connectivity index (χ1) is 14.7. The molecule has 5 nitrogen and oxygen atoms in total. The smallest absolute Gasteiger partial charge is 0.329 e. The van der Waals surface area contributed by atoms with Gasteiger partial charge in [0.05, 0.1) is 11.5 Å². The number of hydrogen-bond donors (Lipinski definition) is 2. The number of ketones is 1. The third-order valence-corrected chi connectivity index (χ3v) is 5.58. The van der Waals surface area contributed by atoms with Crippen LogP contribution in [0.25, 0.3) is 0 Å². The number of benzene rings is 2. The lowest BCUT2D eigenvalue weighted by Gasteiger charge is -2.33. The second-order valence-electron chi connectivity index (χ2n) is 7.70. The third-order valence-electron chi connectivity index (χ3n) is 5.58. The van der Waals surface area contributed by atoms with E-state index in [1.807, 2.05) is 30.3 Å². The van der Waals surface area contributed by atoms with Gasteiger partial charge in [0.1, 0.15) is 0 Å². The highest BCUT2D eigenvalue weighted by atomic mass is 19.4. The lowest BCUT2D eigenvalue weighted by atomic mass is 9.75. The molecule has 2 aromatic rings. The van der Waals surface area contributed by atoms with Gasteiger partial charge in [0.25, 0.3) is 0 Å². The van der Waals surface area contributed by atoms with E-state index in [0.717, 1.165) is 17.7 Å². The molecule has 0 aromatic heterocycles. The van der Waals surface area contributed by atoms with Crippen LogP contribution in [-0.4, -0.2) is 17.6 Å². The van der Waals surface area contributed by atoms with Crippen LogP contribution in [0.1, 0.15) is 36.3 Å². The number of hydrogen-bond acceptors (Lipinski definition) is 3. The van der Waals surface area contributed by atoms with Gasteiger partial charge >= 0.3 is 6.18 Å². The van der Waals surface area contributed by atoms with Gasteiger partial charge in [-0.15, -0.1) is 0 Å². The third kappa shape index (κ3) is 4.38. The Bertz CT molecular complexity index is 1080. The summed E-state index contributed by atoms with van der Waals surface area (Å²) < 4.78 is 38.8. The Hall–Kier alpha value is -3.42. The highest BCUT2D eigenvalue weighted by Crippen LogP contribution is 2.39. The van der Waals surface area contributed by atoms with Gasteiger partial charge < -0.3 is 10.6 Å². The average Bonchev–Trinajstić information content (AvgIpc) is 2.73. The second kappa shape index (κ2) is 8.02. The van der Waals surface area contributed by atoms with Crippen LogP contribution in [0, 0.1) is 5.92 Å². The molecule has 4 rings (SSSR count). The zero-order valence-electron chi connectivity index (χ0n) is 16.3. The minimum absolute atomic E-state index is 0.0432. The van der Waals surface area contributed by atoms with Crippen molar-refractivity contribution in [2.24, 2.45) is 5.92 Å². The lowest BCUT2D eigenvalue weighted by Crippen LogP contribution is -2.43. The van der Waals surface area contributed by atoms with E-state index in [2.05, 4.69) is 10.6 Å². The minimum atomic E-state index is -4.55. The molecule has 2 N–H and O–H groups in total. The number of Topliss-reactive ketones (excluding diaryl/α,β-unsaturated/α-hetero) is 1. The van der Waals surface area contributed by atoms with Gasteiger partial charge in [0, 0.05) is 29.8 Å². The fraction of sp³-hybridized carbons (Fsp3) is 0.261. The molecular formula is C23H19F3N2O3. The molecule has 0 saturated carbocycles. The first kappa shape index (κ1) is 20.8. The Morgan fingerprint density at radius 1 is 0.968 bits per heavy atom. The van der Waals surface area contributed by atoms with Crippen LogP contribution in [-0.2, 0) is 20.6 Å². The van der Waals surface area contributed by atoms with Crippen LogP contribution < -0.4 is 10.6 Å². The molecule has 2 aromatic carbocycles. The molecule has 0 bridgehead atoms. The predicted octanol–water partition coefficient (Wildman–Crippen LogP) is 4.18. The molecule has 0 unspecified atom stereocenters. The standard InChI is InChI=1S/C23H19F3N2O3/c24-23(25,26)15-7-4-8-16(11-15)27-22(31)17-12-20(30)28-18-9-14(10-19(29)21(17)18)13-5-2-1-3-6-13/h1-8,11,14,17H,9-10,12H2,(H,27,31)(H,28,30)/t14-,17+/m1/s1. The number of anilines is 1. The monoisotopic (exact) mass is 428 g/mol. The molecular weight excluding hydrogens is 409 g/mol. The van der Waals surface area contributed by atoms with Crippen LogP contribution in [0.5, 0.6) is 0 Å². The normalized spacial score (nSPS) is 21.4. The Balaban J connectivity index is 1.59. The molecule has 31 heavy (non-hydrogen) atoms. The molecule has 2 amide bonds. The number of carbonyl (C=O) groups is 3. The lowest BCUT2D eigenvalue weighted by molar-refractivity contribution is -0.137. The van der Waals surface area contributed by atoms with Gasteiger partial charge in [-0.2, -0.15) is 13.2 Å². The Kier molecular flexibility index (Phi) is 5.39. The summed E-state index contributed by atoms with van der Waals surface area (Å²) in [7, 11) is 0. The molecule has 1 aliphatic heterocycles. The fourth-order valence-corrected chi connectivity index (χ4v) is 4.15. The van der Waals surface area contributed by atoms with Crippen LogP contribution in [0.4, 0.5) is 18.9 Å². The number of rotatable bonds is 3. The molecule has 1 aliphatic carbocycles. The van der Waals surface area contributed by atoms with Gasteiger partial charge in [0.2, 0.25) is 11.8 Å². The van der Waals surface area contributed by atoms with Crippen molar-refractivity contribution in [2.45, 2.75) is 31.4 Å². The van der Waals surface area contributed by atoms with Crippen LogP contribution in [0.3, 0.4) is 0 Å². The summed E-state index contributed by atoms with van der Waals surface area (Å²) in [4.78, 5) is 38.0. The molecule has 0 radical (unpaired) electrons. The number of carbonyl (C=O) groups excluding carboxylic acids is 3. The summed E-state index contributed by atoms with van der Waals surface area (Å²) in [6, 6.07) is 13.7. The number of alkyl halides is 3. The number of nitrogens with one attached hydrogen (secondary N) is 2. The van der Waals surface area contributed by atoms with Crippen molar-refractivity contribution in [1.29, 1.82) is 0 Å². The first-order valence-electron chi connectivity index (χ1n) is 9.81. The summed E-state index contributed by atoms with van der Waals surface area (Å²) in [6.07, 6.45) is -4.17. The Labute approximate surface area is 176 Å². The van der Waals surface area contributed by atoms with Gasteiger partial charge in [0.15, 0.2) is 5.78 Å². The second-order valence-corrected chi connectivity index (χ2v) is 7.70. The maximum atomic E-state index is 12.9. The summed E-state index contributed by atoms with van der Waals surface area (Å²) in [5.74, 6) is -2.46. The Morgan fingerprint density at radius 2 is 1.71 bits per heavy atom. The topological polar surface area (TPSA) is 75.3 Å². The van der Waals surface area contributed by atoms with Crippen molar-refractivity contribution in [3.8, 4) is 0 Å². The molecule has 1 heterocycles. The average molecular weight is 428 g/mol. The van der Waals surface area contributed by atoms with E-state index in [1.165, 1.54) is 12.1 Å². The minimum Gasteiger partial charge on any atom is -0.329 e. The maximum absolute atomic E-state index is 12.9. The van der Waals surface area contributed by atoms with Crippen molar-refractivity contribution < 1.29 is 27.6 Å². The van der Waals surface area contributed by atoms with E-state index >= 15 is 0 Å². The van der Waals surface area contributed by atoms with E-state index in [1.54, 1.807) is 0 Å². The largest absolute Gasteiger partial charge is 0.416 e. The van der Waals surface area contributed by atoms with E-state index in [0.29, 0.717) is 12.1 Å². The van der Waals surface area contributed by atoms with Gasteiger partial charge in [-0.3, -0.25) is 14.4 Å². The van der Waals surface area contributed by atoms with Gasteiger partial charge in [-0.1, -0.05) is 36.4 Å². The highest BCUT2D eigenvalue weighted by molar-refractivity contribution is 6.09. The highest BCUT2D eigenvalue weighted by Gasteiger charge is 2.40. The van der Waals surface area contributed by atoms with Crippen LogP contribution >= 0.6 is 0 Å². The van der Waals surface area contributed by atoms with E-state index in [9.17, 15) is 27.6 Å². The van der Waals surface area contributed by atoms with Crippen molar-refractivity contribution >= 4 is 23.3 Å². The van der Waals surface area contributed by atoms with Crippen LogP contribution in [0.15, 0.2) is 65.9 Å². The first-order valence-corrected chi connectivity index (χ1v) is 9.81. The number of halogens is 3. The summed E-state index contributed by atoms with van der Waals surface area (Å²) in [6.45, 7) is 0. The van der Waals surface area contributed by atoms with E-state index in [-0.39, 0.29) is 35.8 Å². The fourth-order valence-electron chi connectivity index (χ4n) is 4.15. The summed E-state index contributed by atoms with van der Waals surface area (Å²) >= 11 is 0. The summed E-state index contributed by atoms with van der Waals surface area (Å²) in [5.41, 5.74) is 0.693. The SMILES string of the molecule is O=C1C[C@H](C(=O)Nc2cccc(C(F)(F)F)c2)C2=C(C[C@@H](c3ccccc3)CC2=O)N1. The van der Waals surface area contributed by atoms with Gasteiger partial charge in [-0.25, -0.2) is 0 Å². The van der Waals surface area contributed by atoms with Crippen molar-refractivity contribution in [3.05, 3.63) is 77.0 Å². The van der Waals surface area contributed by atoms with Crippen molar-refractivity contribution in [3.63, 3.8) is 0 Å². The zero-order chi connectivity index (χ0) is 22.2. The number of allylic oxidation sites excluding steroid dienone is 1. The molecule has 160 valence electrons. The van der Waals surface area contributed by atoms with E-state index in [4.69, 9.17) is 0 Å². The van der Waals surface area contributed by atoms with Crippen molar-refractivity contribution in [1.82, 2.24) is 5.32 Å².